The quantitative estimate of drug-likeness (QED) is 0.618. The minimum atomic E-state index is -3.63. The van der Waals surface area contributed by atoms with Crippen molar-refractivity contribution in [2.24, 2.45) is 5.92 Å². The molecule has 0 aliphatic rings. The number of carbonyl (C=O) groups excluding carboxylic acids is 1. The maximum atomic E-state index is 12.6. The van der Waals surface area contributed by atoms with E-state index in [0.717, 1.165) is 12.0 Å². The first kappa shape index (κ1) is 21.5. The molecule has 25 heavy (non-hydrogen) atoms. The fourth-order valence-corrected chi connectivity index (χ4v) is 2.86. The van der Waals surface area contributed by atoms with E-state index in [4.69, 9.17) is 4.18 Å². The van der Waals surface area contributed by atoms with Crippen LogP contribution in [0.15, 0.2) is 24.3 Å². The first-order valence-electron chi connectivity index (χ1n) is 8.88. The predicted octanol–water partition coefficient (Wildman–Crippen LogP) is 3.98. The molecule has 0 unspecified atom stereocenters. The molecule has 0 N–H and O–H groups in total. The molecule has 1 rings (SSSR count). The lowest BCUT2D eigenvalue weighted by Crippen LogP contribution is -2.38. The highest BCUT2D eigenvalue weighted by atomic mass is 32.2. The number of nitrogens with zero attached hydrogens (tertiary/aromatic N) is 1. The molecule has 0 aliphatic carbocycles. The van der Waals surface area contributed by atoms with Gasteiger partial charge in [0.25, 0.3) is 0 Å². The topological polar surface area (TPSA) is 63.7 Å². The van der Waals surface area contributed by atoms with Crippen molar-refractivity contribution in [1.29, 1.82) is 0 Å². The van der Waals surface area contributed by atoms with E-state index in [1.54, 1.807) is 32.0 Å². The molecule has 1 aromatic rings. The second-order valence-corrected chi connectivity index (χ2v) is 9.24. The standard InChI is InChI=1S/C19H31NO4S/c1-7-16(6)20(19(21)11-14(2)3)13-17-9-8-10-18(12-17)24-25(22,23)15(4)5/h8-10,12,14-16H,7,11,13H2,1-6H3/t16-/m0/s1. The Bertz CT molecular complexity index is 668. The van der Waals surface area contributed by atoms with Crippen LogP contribution in [0.4, 0.5) is 0 Å². The van der Waals surface area contributed by atoms with Gasteiger partial charge in [-0.15, -0.1) is 0 Å². The Labute approximate surface area is 152 Å². The van der Waals surface area contributed by atoms with Crippen LogP contribution < -0.4 is 4.18 Å². The molecular formula is C19H31NO4S. The van der Waals surface area contributed by atoms with Crippen LogP contribution in [0.25, 0.3) is 0 Å². The Balaban J connectivity index is 2.98. The Morgan fingerprint density at radius 3 is 2.32 bits per heavy atom. The summed E-state index contributed by atoms with van der Waals surface area (Å²) in [6.07, 6.45) is 1.37. The Hall–Kier alpha value is -1.56. The van der Waals surface area contributed by atoms with Crippen molar-refractivity contribution in [2.75, 3.05) is 0 Å². The molecular weight excluding hydrogens is 338 g/mol. The third-order valence-corrected chi connectivity index (χ3v) is 5.65. The van der Waals surface area contributed by atoms with Gasteiger partial charge in [-0.25, -0.2) is 0 Å². The highest BCUT2D eigenvalue weighted by Gasteiger charge is 2.21. The van der Waals surface area contributed by atoms with Crippen molar-refractivity contribution < 1.29 is 17.4 Å². The van der Waals surface area contributed by atoms with Crippen LogP contribution >= 0.6 is 0 Å². The second-order valence-electron chi connectivity index (χ2n) is 7.15. The van der Waals surface area contributed by atoms with E-state index in [2.05, 4.69) is 6.92 Å². The van der Waals surface area contributed by atoms with Crippen molar-refractivity contribution in [1.82, 2.24) is 4.90 Å². The summed E-state index contributed by atoms with van der Waals surface area (Å²) < 4.78 is 29.0. The lowest BCUT2D eigenvalue weighted by Gasteiger charge is -2.29. The molecule has 1 atom stereocenters. The highest BCUT2D eigenvalue weighted by molar-refractivity contribution is 7.87. The van der Waals surface area contributed by atoms with Crippen molar-refractivity contribution in [2.45, 2.75) is 72.2 Å². The summed E-state index contributed by atoms with van der Waals surface area (Å²) in [5.74, 6) is 0.696. The highest BCUT2D eigenvalue weighted by Crippen LogP contribution is 2.20. The molecule has 0 aliphatic heterocycles. The first-order valence-corrected chi connectivity index (χ1v) is 10.4. The van der Waals surface area contributed by atoms with E-state index in [0.29, 0.717) is 18.9 Å². The molecule has 5 nitrogen and oxygen atoms in total. The molecule has 6 heteroatoms. The summed E-state index contributed by atoms with van der Waals surface area (Å²) in [4.78, 5) is 14.4. The second kappa shape index (κ2) is 9.22. The van der Waals surface area contributed by atoms with E-state index in [1.165, 1.54) is 0 Å². The smallest absolute Gasteiger partial charge is 0.311 e. The molecule has 142 valence electrons. The van der Waals surface area contributed by atoms with Crippen molar-refractivity contribution in [3.8, 4) is 5.75 Å². The minimum Gasteiger partial charge on any atom is -0.382 e. The zero-order valence-electron chi connectivity index (χ0n) is 16.2. The lowest BCUT2D eigenvalue weighted by molar-refractivity contribution is -0.134. The number of carbonyl (C=O) groups is 1. The fourth-order valence-electron chi connectivity index (χ4n) is 2.30. The summed E-state index contributed by atoms with van der Waals surface area (Å²) in [6, 6.07) is 7.07. The van der Waals surface area contributed by atoms with E-state index >= 15 is 0 Å². The van der Waals surface area contributed by atoms with Gasteiger partial charge in [-0.1, -0.05) is 32.9 Å². The molecule has 0 heterocycles. The largest absolute Gasteiger partial charge is 0.382 e. The third kappa shape index (κ3) is 6.69. The Morgan fingerprint density at radius 1 is 1.16 bits per heavy atom. The monoisotopic (exact) mass is 369 g/mol. The van der Waals surface area contributed by atoms with E-state index in [9.17, 15) is 13.2 Å². The van der Waals surface area contributed by atoms with Gasteiger partial charge in [-0.3, -0.25) is 4.79 Å². The van der Waals surface area contributed by atoms with Crippen molar-refractivity contribution in [3.63, 3.8) is 0 Å². The summed E-state index contributed by atoms with van der Waals surface area (Å²) in [7, 11) is -3.63. The van der Waals surface area contributed by atoms with Crippen LogP contribution in [-0.2, 0) is 21.5 Å². The van der Waals surface area contributed by atoms with Crippen LogP contribution in [0.3, 0.4) is 0 Å². The molecule has 1 amide bonds. The van der Waals surface area contributed by atoms with E-state index in [1.807, 2.05) is 31.7 Å². The lowest BCUT2D eigenvalue weighted by atomic mass is 10.1. The fraction of sp³-hybridized carbons (Fsp3) is 0.632. The molecule has 0 saturated carbocycles. The number of rotatable bonds is 9. The molecule has 1 aromatic carbocycles. The number of amides is 1. The van der Waals surface area contributed by atoms with Gasteiger partial charge >= 0.3 is 10.1 Å². The maximum absolute atomic E-state index is 12.6. The average molecular weight is 370 g/mol. The van der Waals surface area contributed by atoms with Gasteiger partial charge in [0.05, 0.1) is 5.25 Å². The van der Waals surface area contributed by atoms with Crippen molar-refractivity contribution >= 4 is 16.0 Å². The van der Waals surface area contributed by atoms with Gasteiger partial charge in [-0.05, 0) is 50.8 Å². The van der Waals surface area contributed by atoms with Gasteiger partial charge in [0.1, 0.15) is 5.75 Å². The molecule has 0 aromatic heterocycles. The zero-order chi connectivity index (χ0) is 19.2. The van der Waals surface area contributed by atoms with Gasteiger partial charge in [0, 0.05) is 19.0 Å². The molecule has 0 radical (unpaired) electrons. The Kier molecular flexibility index (Phi) is 7.93. The number of hydrogen-bond donors (Lipinski definition) is 0. The van der Waals surface area contributed by atoms with Crippen LogP contribution in [0.2, 0.25) is 0 Å². The van der Waals surface area contributed by atoms with Gasteiger partial charge in [-0.2, -0.15) is 8.42 Å². The molecule has 0 fully saturated rings. The van der Waals surface area contributed by atoms with Crippen LogP contribution in [0, 0.1) is 5.92 Å². The summed E-state index contributed by atoms with van der Waals surface area (Å²) >= 11 is 0. The van der Waals surface area contributed by atoms with Gasteiger partial charge in [0.2, 0.25) is 5.91 Å². The number of benzene rings is 1. The Morgan fingerprint density at radius 2 is 1.80 bits per heavy atom. The predicted molar refractivity (Wildman–Crippen MR) is 101 cm³/mol. The van der Waals surface area contributed by atoms with Gasteiger partial charge < -0.3 is 9.08 Å². The molecule has 0 spiro atoms. The summed E-state index contributed by atoms with van der Waals surface area (Å²) in [5, 5.41) is -0.611. The van der Waals surface area contributed by atoms with Gasteiger partial charge in [0.15, 0.2) is 0 Å². The minimum absolute atomic E-state index is 0.116. The van der Waals surface area contributed by atoms with E-state index in [-0.39, 0.29) is 17.7 Å². The maximum Gasteiger partial charge on any atom is 0.311 e. The average Bonchev–Trinajstić information content (AvgIpc) is 2.50. The molecule has 0 bridgehead atoms. The molecule has 0 saturated heterocycles. The normalized spacial score (nSPS) is 13.1. The first-order chi connectivity index (χ1) is 11.6. The van der Waals surface area contributed by atoms with Crippen LogP contribution in [0.1, 0.15) is 59.9 Å². The van der Waals surface area contributed by atoms with Crippen LogP contribution in [-0.4, -0.2) is 30.5 Å². The SMILES string of the molecule is CC[C@H](C)N(Cc1cccc(OS(=O)(=O)C(C)C)c1)C(=O)CC(C)C. The summed E-state index contributed by atoms with van der Waals surface area (Å²) in [5.41, 5.74) is 0.855. The zero-order valence-corrected chi connectivity index (χ0v) is 17.0. The van der Waals surface area contributed by atoms with Crippen molar-refractivity contribution in [3.05, 3.63) is 29.8 Å². The number of hydrogen-bond acceptors (Lipinski definition) is 4. The summed E-state index contributed by atoms with van der Waals surface area (Å²) in [6.45, 7) is 11.7. The van der Waals surface area contributed by atoms with E-state index < -0.39 is 15.4 Å². The van der Waals surface area contributed by atoms with Crippen LogP contribution in [0.5, 0.6) is 5.75 Å². The third-order valence-electron chi connectivity index (χ3n) is 4.07.